The van der Waals surface area contributed by atoms with Crippen molar-refractivity contribution < 1.29 is 18.5 Å². The molecule has 1 aliphatic heterocycles. The molecule has 0 fully saturated rings. The average Bonchev–Trinajstić information content (AvgIpc) is 3.45. The molecule has 0 unspecified atom stereocenters. The normalized spacial score (nSPS) is 14.9. The summed E-state index contributed by atoms with van der Waals surface area (Å²) in [4.78, 5) is 12.0. The standard InChI is InChI=1S/C56H45O4P/c57-61(58)59-55-51(47-31-43(37-17-5-1-6-18-37)29-44(32-47)38-19-7-2-8-20-38)35-41-25-13-15-27-49(41)53(55)54-50-28-16-14-26-42(50)36-52(56(54)60-61)48-33-45(39-21-9-3-10-22-39)30-46(34-48)40-23-11-4-12-24-40/h1-12,17-24,29-36H,13-16,25-28H2,(H,57,58). The predicted octanol–water partition coefficient (Wildman–Crippen LogP) is 15.0. The first-order valence-electron chi connectivity index (χ1n) is 21.6. The first-order valence-corrected chi connectivity index (χ1v) is 23.1. The summed E-state index contributed by atoms with van der Waals surface area (Å²) in [5.74, 6) is 0.866. The van der Waals surface area contributed by atoms with Crippen LogP contribution in [-0.4, -0.2) is 4.89 Å². The van der Waals surface area contributed by atoms with Gasteiger partial charge in [0.05, 0.1) is 0 Å². The van der Waals surface area contributed by atoms with Gasteiger partial charge >= 0.3 is 7.82 Å². The Bertz CT molecular complexity index is 2680. The molecule has 61 heavy (non-hydrogen) atoms. The van der Waals surface area contributed by atoms with E-state index >= 15 is 0 Å². The summed E-state index contributed by atoms with van der Waals surface area (Å²) in [6, 6.07) is 59.5. The molecule has 1 N–H and O–H groups in total. The third kappa shape index (κ3) is 7.10. The minimum atomic E-state index is -4.74. The summed E-state index contributed by atoms with van der Waals surface area (Å²) in [5, 5.41) is 0. The lowest BCUT2D eigenvalue weighted by molar-refractivity contribution is 0.295. The number of hydrogen-bond acceptors (Lipinski definition) is 3. The summed E-state index contributed by atoms with van der Waals surface area (Å²) < 4.78 is 27.8. The Morgan fingerprint density at radius 2 is 0.656 bits per heavy atom. The summed E-state index contributed by atoms with van der Waals surface area (Å²) in [6.45, 7) is 0. The molecule has 4 nitrogen and oxygen atoms in total. The average molecular weight is 813 g/mol. The third-order valence-corrected chi connectivity index (χ3v) is 13.6. The van der Waals surface area contributed by atoms with Gasteiger partial charge < -0.3 is 9.05 Å². The lowest BCUT2D eigenvalue weighted by Crippen LogP contribution is -2.10. The fourth-order valence-corrected chi connectivity index (χ4v) is 10.8. The van der Waals surface area contributed by atoms with E-state index in [4.69, 9.17) is 9.05 Å². The molecule has 5 heteroatoms. The Morgan fingerprint density at radius 3 is 0.984 bits per heavy atom. The van der Waals surface area contributed by atoms with Crippen LogP contribution in [0.2, 0.25) is 0 Å². The van der Waals surface area contributed by atoms with Crippen LogP contribution in [0.15, 0.2) is 170 Å². The molecule has 0 radical (unpaired) electrons. The Hall–Kier alpha value is -6.45. The van der Waals surface area contributed by atoms with Gasteiger partial charge in [-0.05, 0) is 178 Å². The molecule has 11 rings (SSSR count). The van der Waals surface area contributed by atoms with E-state index in [1.807, 2.05) is 24.3 Å². The molecule has 8 aromatic rings. The lowest BCUT2D eigenvalue weighted by Gasteiger charge is -2.28. The van der Waals surface area contributed by atoms with Crippen molar-refractivity contribution in [2.45, 2.75) is 51.4 Å². The van der Waals surface area contributed by atoms with Crippen molar-refractivity contribution >= 4 is 7.82 Å². The van der Waals surface area contributed by atoms with Crippen molar-refractivity contribution in [3.63, 3.8) is 0 Å². The van der Waals surface area contributed by atoms with Crippen LogP contribution in [0.5, 0.6) is 11.5 Å². The van der Waals surface area contributed by atoms with Crippen molar-refractivity contribution in [3.05, 3.63) is 192 Å². The van der Waals surface area contributed by atoms with Crippen molar-refractivity contribution in [1.29, 1.82) is 0 Å². The Kier molecular flexibility index (Phi) is 9.56. The van der Waals surface area contributed by atoms with Gasteiger partial charge in [-0.1, -0.05) is 121 Å². The highest BCUT2D eigenvalue weighted by Gasteiger charge is 2.40. The van der Waals surface area contributed by atoms with Gasteiger partial charge in [0.15, 0.2) is 0 Å². The van der Waals surface area contributed by atoms with E-state index in [9.17, 15) is 9.46 Å². The fraction of sp³-hybridized carbons (Fsp3) is 0.143. The highest BCUT2D eigenvalue weighted by Crippen LogP contribution is 2.62. The molecule has 0 spiro atoms. The molecule has 0 bridgehead atoms. The molecule has 0 aromatic heterocycles. The van der Waals surface area contributed by atoms with Crippen LogP contribution in [0.25, 0.3) is 77.9 Å². The number of phosphoric ester groups is 1. The number of fused-ring (bicyclic) bond motifs is 7. The second-order valence-electron chi connectivity index (χ2n) is 16.7. The van der Waals surface area contributed by atoms with Gasteiger partial charge in [0.2, 0.25) is 0 Å². The summed E-state index contributed by atoms with van der Waals surface area (Å²) >= 11 is 0. The van der Waals surface area contributed by atoms with Crippen LogP contribution in [0.4, 0.5) is 0 Å². The largest absolute Gasteiger partial charge is 0.584 e. The SMILES string of the molecule is O=P1(O)Oc2c(-c3cc(-c4ccccc4)cc(-c4ccccc4)c3)cc3c(c2-c2c4c(cc(-c5cc(-c6ccccc6)cc(-c6ccccc6)c5)c2O1)CCCC4)CCCC3. The molecular weight excluding hydrogens is 768 g/mol. The molecule has 0 saturated carbocycles. The number of phosphoric acid groups is 1. The summed E-state index contributed by atoms with van der Waals surface area (Å²) in [5.41, 5.74) is 18.9. The molecule has 0 amide bonds. The monoisotopic (exact) mass is 812 g/mol. The van der Waals surface area contributed by atoms with E-state index < -0.39 is 7.82 Å². The number of rotatable bonds is 6. The van der Waals surface area contributed by atoms with Gasteiger partial charge in [0.1, 0.15) is 11.5 Å². The van der Waals surface area contributed by atoms with Crippen molar-refractivity contribution in [1.82, 2.24) is 0 Å². The number of benzene rings is 8. The maximum Gasteiger partial charge on any atom is 0.584 e. The van der Waals surface area contributed by atoms with Gasteiger partial charge in [-0.15, -0.1) is 0 Å². The lowest BCUT2D eigenvalue weighted by atomic mass is 9.77. The topological polar surface area (TPSA) is 55.8 Å². The van der Waals surface area contributed by atoms with Crippen LogP contribution >= 0.6 is 7.82 Å². The predicted molar refractivity (Wildman–Crippen MR) is 249 cm³/mol. The van der Waals surface area contributed by atoms with Gasteiger partial charge in [0.25, 0.3) is 0 Å². The maximum absolute atomic E-state index is 14.7. The Balaban J connectivity index is 1.22. The summed E-state index contributed by atoms with van der Waals surface area (Å²) in [7, 11) is -4.74. The zero-order valence-corrected chi connectivity index (χ0v) is 34.8. The quantitative estimate of drug-likeness (QED) is 0.170. The second-order valence-corrected chi connectivity index (χ2v) is 18.0. The molecule has 0 atom stereocenters. The fourth-order valence-electron chi connectivity index (χ4n) is 9.92. The molecule has 298 valence electrons. The van der Waals surface area contributed by atoms with Gasteiger partial charge in [-0.25, -0.2) is 4.57 Å². The number of aryl methyl sites for hydroxylation is 2. The van der Waals surface area contributed by atoms with E-state index in [0.717, 1.165) is 129 Å². The summed E-state index contributed by atoms with van der Waals surface area (Å²) in [6.07, 6.45) is 7.80. The first kappa shape index (κ1) is 37.5. The van der Waals surface area contributed by atoms with Gasteiger partial charge in [-0.2, -0.15) is 0 Å². The van der Waals surface area contributed by atoms with Crippen LogP contribution in [0.3, 0.4) is 0 Å². The molecule has 8 aromatic carbocycles. The zero-order chi connectivity index (χ0) is 40.9. The van der Waals surface area contributed by atoms with Crippen molar-refractivity contribution in [3.8, 4) is 89.4 Å². The van der Waals surface area contributed by atoms with Crippen LogP contribution in [0.1, 0.15) is 47.9 Å². The minimum absolute atomic E-state index is 0.433. The number of hydrogen-bond donors (Lipinski definition) is 1. The van der Waals surface area contributed by atoms with Crippen molar-refractivity contribution in [2.75, 3.05) is 0 Å². The third-order valence-electron chi connectivity index (χ3n) is 12.8. The van der Waals surface area contributed by atoms with Crippen LogP contribution in [0, 0.1) is 0 Å². The maximum atomic E-state index is 14.7. The smallest absolute Gasteiger partial charge is 0.394 e. The zero-order valence-electron chi connectivity index (χ0n) is 33.9. The second kappa shape index (κ2) is 15.5. The molecule has 3 aliphatic rings. The Labute approximate surface area is 357 Å². The highest BCUT2D eigenvalue weighted by atomic mass is 31.2. The van der Waals surface area contributed by atoms with E-state index in [1.54, 1.807) is 0 Å². The van der Waals surface area contributed by atoms with Gasteiger partial charge in [-0.3, -0.25) is 4.89 Å². The van der Waals surface area contributed by atoms with Crippen molar-refractivity contribution in [2.24, 2.45) is 0 Å². The molecular formula is C56H45O4P. The van der Waals surface area contributed by atoms with E-state index in [0.29, 0.717) is 11.5 Å². The highest BCUT2D eigenvalue weighted by molar-refractivity contribution is 7.48. The van der Waals surface area contributed by atoms with E-state index in [1.165, 1.54) is 22.3 Å². The molecule has 0 saturated heterocycles. The minimum Gasteiger partial charge on any atom is -0.394 e. The van der Waals surface area contributed by atoms with Crippen LogP contribution in [-0.2, 0) is 30.2 Å². The van der Waals surface area contributed by atoms with Gasteiger partial charge in [0, 0.05) is 22.3 Å². The van der Waals surface area contributed by atoms with Crippen LogP contribution < -0.4 is 9.05 Å². The van der Waals surface area contributed by atoms with E-state index in [-0.39, 0.29) is 0 Å². The molecule has 1 heterocycles. The Morgan fingerprint density at radius 1 is 0.361 bits per heavy atom. The first-order chi connectivity index (χ1) is 30.0. The molecule has 2 aliphatic carbocycles. The van der Waals surface area contributed by atoms with E-state index in [2.05, 4.69) is 146 Å².